The largest absolute Gasteiger partial charge is 0.481 e. The van der Waals surface area contributed by atoms with Gasteiger partial charge in [0.1, 0.15) is 12.6 Å². The van der Waals surface area contributed by atoms with Crippen LogP contribution >= 0.6 is 24.5 Å². The number of aliphatic carboxylic acids is 1. The number of Topliss-reactive ketones (excluding diaryl/α,β-unsaturated/α-hetero) is 1. The Morgan fingerprint density at radius 3 is 2.44 bits per heavy atom. The third-order valence-corrected chi connectivity index (χ3v) is 15.7. The van der Waals surface area contributed by atoms with E-state index in [1.165, 1.54) is 0 Å². The van der Waals surface area contributed by atoms with Crippen LogP contribution in [0.2, 0.25) is 0 Å². The molecule has 1 aromatic rings. The molecule has 18 heteroatoms. The van der Waals surface area contributed by atoms with Crippen LogP contribution < -0.4 is 16.0 Å². The number of fused-ring (bicyclic) bond motifs is 7. The maximum absolute atomic E-state index is 14.4. The summed E-state index contributed by atoms with van der Waals surface area (Å²) in [7, 11) is -2.80. The van der Waals surface area contributed by atoms with Crippen molar-refractivity contribution in [3.8, 4) is 0 Å². The SMILES string of the molecule is C[C@]12C=CC(=O)C=C1CC[C@@H]1[C@@H]2[C@@H](O)C[C@@]2(C)[C@H]1C[C@H]1O[C@@H](c3ccc(CC4CCC(NC(=O)[C@H](CCC(=O)O)NC(=O)CNC(=O)CBr)CC4)cc3)O[C@]12C(=O)COP(O)O. The minimum atomic E-state index is -2.80. The first-order chi connectivity index (χ1) is 29.5. The number of alkyl halides is 1. The van der Waals surface area contributed by atoms with Gasteiger partial charge in [0.05, 0.1) is 24.1 Å². The van der Waals surface area contributed by atoms with E-state index < -0.39 is 85.7 Å². The van der Waals surface area contributed by atoms with Crippen molar-refractivity contribution in [2.45, 2.75) is 121 Å². The molecule has 6 aliphatic rings. The number of ether oxygens (including phenoxy) is 2. The number of carbonyl (C=O) groups excluding carboxylic acids is 5. The fraction of sp³-hybridized carbons (Fsp3) is 0.636. The fourth-order valence-corrected chi connectivity index (χ4v) is 12.3. The van der Waals surface area contributed by atoms with Gasteiger partial charge in [-0.3, -0.25) is 28.8 Å². The number of carboxylic acid groups (broad SMARTS) is 1. The minimum absolute atomic E-state index is 0.0159. The molecule has 0 unspecified atom stereocenters. The monoisotopic (exact) mass is 945 g/mol. The number of allylic oxidation sites excluding steroid dienone is 4. The number of halogens is 1. The summed E-state index contributed by atoms with van der Waals surface area (Å²) in [6.07, 6.45) is 8.54. The first-order valence-corrected chi connectivity index (χ1v) is 23.8. The molecule has 10 atom stereocenters. The predicted molar refractivity (Wildman–Crippen MR) is 227 cm³/mol. The van der Waals surface area contributed by atoms with E-state index in [9.17, 15) is 48.8 Å². The summed E-state index contributed by atoms with van der Waals surface area (Å²) in [5.41, 5.74) is -0.0518. The third-order valence-electron chi connectivity index (χ3n) is 14.8. The lowest BCUT2D eigenvalue weighted by Crippen LogP contribution is -2.63. The molecule has 1 heterocycles. The Kier molecular flexibility index (Phi) is 14.3. The van der Waals surface area contributed by atoms with Crippen LogP contribution in [0.4, 0.5) is 0 Å². The number of aliphatic hydroxyl groups is 1. The van der Waals surface area contributed by atoms with E-state index in [4.69, 9.17) is 14.0 Å². The highest BCUT2D eigenvalue weighted by Gasteiger charge is 2.76. The van der Waals surface area contributed by atoms with Gasteiger partial charge >= 0.3 is 14.6 Å². The molecule has 1 aromatic carbocycles. The van der Waals surface area contributed by atoms with Crippen molar-refractivity contribution in [3.05, 3.63) is 59.2 Å². The molecule has 5 fully saturated rings. The predicted octanol–water partition coefficient (Wildman–Crippen LogP) is 3.60. The number of carbonyl (C=O) groups is 6. The highest BCUT2D eigenvalue weighted by atomic mass is 79.9. The number of rotatable bonds is 16. The molecule has 4 saturated carbocycles. The number of ketones is 2. The zero-order valence-corrected chi connectivity index (χ0v) is 37.4. The van der Waals surface area contributed by atoms with Gasteiger partial charge in [-0.1, -0.05) is 65.7 Å². The number of benzene rings is 1. The molecule has 7 N–H and O–H groups in total. The molecular weight excluding hydrogens is 889 g/mol. The maximum Gasteiger partial charge on any atom is 0.327 e. The van der Waals surface area contributed by atoms with Gasteiger partial charge in [0.15, 0.2) is 23.5 Å². The first kappa shape index (κ1) is 46.6. The average Bonchev–Trinajstić information content (AvgIpc) is 3.74. The summed E-state index contributed by atoms with van der Waals surface area (Å²) in [6, 6.07) is 6.68. The summed E-state index contributed by atoms with van der Waals surface area (Å²) < 4.78 is 18.6. The van der Waals surface area contributed by atoms with Crippen LogP contribution in [0.25, 0.3) is 0 Å². The van der Waals surface area contributed by atoms with Gasteiger partial charge in [0.25, 0.3) is 0 Å². The van der Waals surface area contributed by atoms with Crippen molar-refractivity contribution in [2.24, 2.45) is 34.5 Å². The van der Waals surface area contributed by atoms with Gasteiger partial charge in [-0.2, -0.15) is 0 Å². The van der Waals surface area contributed by atoms with Gasteiger partial charge in [0, 0.05) is 34.8 Å². The van der Waals surface area contributed by atoms with Crippen molar-refractivity contribution in [3.63, 3.8) is 0 Å². The lowest BCUT2D eigenvalue weighted by Gasteiger charge is -2.59. The number of aliphatic hydroxyl groups excluding tert-OH is 1. The van der Waals surface area contributed by atoms with Crippen molar-refractivity contribution in [1.29, 1.82) is 0 Å². The van der Waals surface area contributed by atoms with Gasteiger partial charge < -0.3 is 49.9 Å². The van der Waals surface area contributed by atoms with E-state index in [1.54, 1.807) is 12.2 Å². The Morgan fingerprint density at radius 1 is 1.03 bits per heavy atom. The highest BCUT2D eigenvalue weighted by molar-refractivity contribution is 9.09. The molecule has 0 aromatic heterocycles. The lowest BCUT2D eigenvalue weighted by molar-refractivity contribution is -0.200. The smallest absolute Gasteiger partial charge is 0.327 e. The van der Waals surface area contributed by atoms with Crippen molar-refractivity contribution in [1.82, 2.24) is 16.0 Å². The van der Waals surface area contributed by atoms with E-state index in [0.717, 1.165) is 42.4 Å². The zero-order valence-electron chi connectivity index (χ0n) is 34.9. The van der Waals surface area contributed by atoms with E-state index >= 15 is 0 Å². The molecule has 5 aliphatic carbocycles. The van der Waals surface area contributed by atoms with Crippen molar-refractivity contribution in [2.75, 3.05) is 18.5 Å². The van der Waals surface area contributed by atoms with Crippen LogP contribution in [0.1, 0.15) is 95.5 Å². The quantitative estimate of drug-likeness (QED) is 0.0927. The number of nitrogens with one attached hydrogen (secondary N) is 3. The summed E-state index contributed by atoms with van der Waals surface area (Å²) in [5.74, 6) is -2.92. The number of amides is 3. The molecule has 1 saturated heterocycles. The van der Waals surface area contributed by atoms with E-state index in [2.05, 4.69) is 38.8 Å². The maximum atomic E-state index is 14.4. The highest BCUT2D eigenvalue weighted by Crippen LogP contribution is 2.70. The van der Waals surface area contributed by atoms with Gasteiger partial charge in [-0.25, -0.2) is 0 Å². The second kappa shape index (κ2) is 19.0. The Morgan fingerprint density at radius 2 is 1.76 bits per heavy atom. The number of hydrogen-bond donors (Lipinski definition) is 7. The van der Waals surface area contributed by atoms with Gasteiger partial charge in [-0.05, 0) is 99.7 Å². The Bertz CT molecular complexity index is 1970. The first-order valence-electron chi connectivity index (χ1n) is 21.5. The van der Waals surface area contributed by atoms with Crippen LogP contribution in [0.15, 0.2) is 48.1 Å². The van der Waals surface area contributed by atoms with Crippen LogP contribution in [-0.2, 0) is 49.2 Å². The van der Waals surface area contributed by atoms with Crippen LogP contribution in [0.3, 0.4) is 0 Å². The number of carboxylic acids is 1. The Balaban J connectivity index is 0.980. The molecule has 0 radical (unpaired) electrons. The summed E-state index contributed by atoms with van der Waals surface area (Å²) >= 11 is 3.00. The van der Waals surface area contributed by atoms with Crippen LogP contribution in [0.5, 0.6) is 0 Å². The Labute approximate surface area is 370 Å². The zero-order chi connectivity index (χ0) is 44.6. The molecular formula is C44H57BrN3O13P. The molecule has 3 amide bonds. The molecule has 338 valence electrons. The number of hydrogen-bond acceptors (Lipinski definition) is 12. The summed E-state index contributed by atoms with van der Waals surface area (Å²) in [5, 5.41) is 29.2. The second-order valence-electron chi connectivity index (χ2n) is 18.3. The van der Waals surface area contributed by atoms with E-state index in [1.807, 2.05) is 37.3 Å². The van der Waals surface area contributed by atoms with Crippen molar-refractivity contribution < 1.29 is 62.8 Å². The molecule has 1 aliphatic heterocycles. The standard InChI is InChI=1S/C44H57BrN3O13P/c1-42-16-15-29(49)18-27(42)9-12-30-31-19-35-44(34(51)23-59-62(57)58,43(31,2)20-33(50)39(30)42)61-41(60-35)26-7-3-24(4-8-26)17-25-5-10-28(11-6-25)47-40(56)32(13-14-38(54)55)48-37(53)22-46-36(52)21-45/h3-4,7-8,15-16,18,25,28,30-33,35,39,41,50,57-58H,5-6,9-14,17,19-23H2,1-2H3,(H,46,52)(H,47,56)(H,48,53)(H,54,55)/t25?,28?,30-,31-,32-,33-,35+,39+,41+,42-,43-,44+/m0/s1. The minimum Gasteiger partial charge on any atom is -0.481 e. The van der Waals surface area contributed by atoms with E-state index in [0.29, 0.717) is 31.6 Å². The molecule has 0 bridgehead atoms. The van der Waals surface area contributed by atoms with E-state index in [-0.39, 0.29) is 60.7 Å². The molecule has 7 rings (SSSR count). The van der Waals surface area contributed by atoms with Gasteiger partial charge in [0.2, 0.25) is 17.7 Å². The van der Waals surface area contributed by atoms with Gasteiger partial charge in [-0.15, -0.1) is 0 Å². The third kappa shape index (κ3) is 9.24. The van der Waals surface area contributed by atoms with Crippen LogP contribution in [0, 0.1) is 34.5 Å². The average molecular weight is 947 g/mol. The second-order valence-corrected chi connectivity index (χ2v) is 19.7. The topological polar surface area (TPSA) is 247 Å². The molecule has 0 spiro atoms. The van der Waals surface area contributed by atoms with Crippen LogP contribution in [-0.4, -0.2) is 104 Å². The normalized spacial score (nSPS) is 35.1. The Hall–Kier alpha value is -3.41. The van der Waals surface area contributed by atoms with Crippen molar-refractivity contribution >= 4 is 59.8 Å². The molecule has 16 nitrogen and oxygen atoms in total. The lowest BCUT2D eigenvalue weighted by atomic mass is 9.46. The molecule has 62 heavy (non-hydrogen) atoms. The fourth-order valence-electron chi connectivity index (χ4n) is 11.9. The summed E-state index contributed by atoms with van der Waals surface area (Å²) in [6.45, 7) is 3.16. The summed E-state index contributed by atoms with van der Waals surface area (Å²) in [4.78, 5) is 94.2.